The van der Waals surface area contributed by atoms with Crippen molar-refractivity contribution in [1.29, 1.82) is 0 Å². The maximum atomic E-state index is 11.2. The summed E-state index contributed by atoms with van der Waals surface area (Å²) in [6.45, 7) is 1.97. The van der Waals surface area contributed by atoms with Gasteiger partial charge in [-0.15, -0.1) is 11.6 Å². The van der Waals surface area contributed by atoms with E-state index in [1.165, 1.54) is 0 Å². The summed E-state index contributed by atoms with van der Waals surface area (Å²) in [5.74, 6) is -1.07. The van der Waals surface area contributed by atoms with Gasteiger partial charge in [0.15, 0.2) is 0 Å². The number of aliphatic carboxylic acids is 1. The predicted octanol–water partition coefficient (Wildman–Crippen LogP) is 3.43. The molecule has 0 aliphatic rings. The number of carboxylic acids is 1. The minimum absolute atomic E-state index is 0.382. The Labute approximate surface area is 101 Å². The zero-order valence-corrected chi connectivity index (χ0v) is 9.95. The van der Waals surface area contributed by atoms with Crippen LogP contribution in [0.25, 0.3) is 0 Å². The summed E-state index contributed by atoms with van der Waals surface area (Å²) < 4.78 is 0. The van der Waals surface area contributed by atoms with Crippen molar-refractivity contribution in [3.8, 4) is 0 Å². The Morgan fingerprint density at radius 1 is 1.44 bits per heavy atom. The molecule has 0 aliphatic carbocycles. The molecule has 0 bridgehead atoms. The lowest BCUT2D eigenvalue weighted by molar-refractivity contribution is -0.137. The summed E-state index contributed by atoms with van der Waals surface area (Å²) in [6.07, 6.45) is 2.52. The lowest BCUT2D eigenvalue weighted by Crippen LogP contribution is -2.10. The monoisotopic (exact) mass is 238 g/mol. The molecule has 16 heavy (non-hydrogen) atoms. The zero-order valence-electron chi connectivity index (χ0n) is 9.19. The fourth-order valence-corrected chi connectivity index (χ4v) is 1.74. The van der Waals surface area contributed by atoms with Crippen LogP contribution < -0.4 is 0 Å². The number of hydrogen-bond acceptors (Lipinski definition) is 1. The Morgan fingerprint density at radius 2 is 2.06 bits per heavy atom. The van der Waals surface area contributed by atoms with Crippen molar-refractivity contribution >= 4 is 17.6 Å². The maximum absolute atomic E-state index is 11.2. The van der Waals surface area contributed by atoms with Gasteiger partial charge in [-0.1, -0.05) is 48.9 Å². The van der Waals surface area contributed by atoms with Gasteiger partial charge in [-0.05, 0) is 12.0 Å². The van der Waals surface area contributed by atoms with Crippen LogP contribution in [-0.2, 0) is 4.79 Å². The molecule has 0 unspecified atom stereocenters. The molecule has 0 amide bonds. The standard InChI is InChI=1S/C13H15ClO2/c1-2-10(9-14)8-12(13(15)16)11-6-4-3-5-7-11/h3-8,12H,2,9H2,1H3,(H,15,16)/b10-8+/t12-/m1/s1. The summed E-state index contributed by atoms with van der Waals surface area (Å²) >= 11 is 5.74. The van der Waals surface area contributed by atoms with E-state index in [0.29, 0.717) is 5.88 Å². The van der Waals surface area contributed by atoms with Crippen LogP contribution in [0.5, 0.6) is 0 Å². The van der Waals surface area contributed by atoms with E-state index in [9.17, 15) is 9.90 Å². The quantitative estimate of drug-likeness (QED) is 0.630. The van der Waals surface area contributed by atoms with Crippen molar-refractivity contribution in [2.24, 2.45) is 0 Å². The molecule has 1 aromatic rings. The molecular formula is C13H15ClO2. The van der Waals surface area contributed by atoms with Gasteiger partial charge >= 0.3 is 5.97 Å². The second-order valence-corrected chi connectivity index (χ2v) is 3.81. The van der Waals surface area contributed by atoms with Gasteiger partial charge in [-0.2, -0.15) is 0 Å². The van der Waals surface area contributed by atoms with E-state index < -0.39 is 11.9 Å². The highest BCUT2D eigenvalue weighted by Crippen LogP contribution is 2.20. The molecule has 0 aromatic heterocycles. The van der Waals surface area contributed by atoms with Crippen molar-refractivity contribution in [3.05, 3.63) is 47.5 Å². The largest absolute Gasteiger partial charge is 0.481 e. The molecule has 0 spiro atoms. The van der Waals surface area contributed by atoms with Gasteiger partial charge in [0.2, 0.25) is 0 Å². The molecular weight excluding hydrogens is 224 g/mol. The van der Waals surface area contributed by atoms with Crippen LogP contribution in [-0.4, -0.2) is 17.0 Å². The first-order chi connectivity index (χ1) is 7.69. The van der Waals surface area contributed by atoms with Crippen LogP contribution in [0.3, 0.4) is 0 Å². The average Bonchev–Trinajstić information content (AvgIpc) is 2.31. The van der Waals surface area contributed by atoms with Crippen LogP contribution in [0.15, 0.2) is 42.0 Å². The highest BCUT2D eigenvalue weighted by atomic mass is 35.5. The third-order valence-electron chi connectivity index (χ3n) is 2.45. The first-order valence-corrected chi connectivity index (χ1v) is 5.75. The fraction of sp³-hybridized carbons (Fsp3) is 0.308. The molecule has 0 aliphatic heterocycles. The van der Waals surface area contributed by atoms with Crippen LogP contribution in [0.4, 0.5) is 0 Å². The van der Waals surface area contributed by atoms with Crippen molar-refractivity contribution in [3.63, 3.8) is 0 Å². The van der Waals surface area contributed by atoms with Gasteiger partial charge in [0, 0.05) is 5.88 Å². The number of allylic oxidation sites excluding steroid dienone is 1. The van der Waals surface area contributed by atoms with Gasteiger partial charge in [0.25, 0.3) is 0 Å². The molecule has 0 heterocycles. The second-order valence-electron chi connectivity index (χ2n) is 3.54. The Hall–Kier alpha value is -1.28. The molecule has 1 rings (SSSR count). The lowest BCUT2D eigenvalue weighted by Gasteiger charge is -2.10. The molecule has 2 nitrogen and oxygen atoms in total. The van der Waals surface area contributed by atoms with E-state index in [2.05, 4.69) is 0 Å². The minimum atomic E-state index is -0.845. The van der Waals surface area contributed by atoms with Crippen LogP contribution in [0, 0.1) is 0 Å². The van der Waals surface area contributed by atoms with Crippen LogP contribution >= 0.6 is 11.6 Å². The van der Waals surface area contributed by atoms with Crippen LogP contribution in [0.2, 0.25) is 0 Å². The number of benzene rings is 1. The van der Waals surface area contributed by atoms with Gasteiger partial charge in [0.05, 0.1) is 0 Å². The van der Waals surface area contributed by atoms with Crippen molar-refractivity contribution < 1.29 is 9.90 Å². The number of carboxylic acid groups (broad SMARTS) is 1. The molecule has 1 atom stereocenters. The van der Waals surface area contributed by atoms with E-state index >= 15 is 0 Å². The van der Waals surface area contributed by atoms with Crippen LogP contribution in [0.1, 0.15) is 24.8 Å². The molecule has 86 valence electrons. The Bertz CT molecular complexity index is 365. The van der Waals surface area contributed by atoms with Gasteiger partial charge in [-0.3, -0.25) is 4.79 Å². The highest BCUT2D eigenvalue weighted by molar-refractivity contribution is 6.19. The second kappa shape index (κ2) is 6.33. The molecule has 1 N–H and O–H groups in total. The third-order valence-corrected chi connectivity index (χ3v) is 2.80. The third kappa shape index (κ3) is 3.38. The smallest absolute Gasteiger partial charge is 0.314 e. The summed E-state index contributed by atoms with van der Waals surface area (Å²) in [6, 6.07) is 9.18. The van der Waals surface area contributed by atoms with Gasteiger partial charge in [-0.25, -0.2) is 0 Å². The molecule has 0 saturated carbocycles. The lowest BCUT2D eigenvalue weighted by atomic mass is 9.96. The van der Waals surface area contributed by atoms with E-state index in [1.807, 2.05) is 37.3 Å². The number of alkyl halides is 1. The Balaban J connectivity index is 3.01. The normalized spacial score (nSPS) is 13.5. The summed E-state index contributed by atoms with van der Waals surface area (Å²) in [4.78, 5) is 11.2. The molecule has 0 fully saturated rings. The summed E-state index contributed by atoms with van der Waals surface area (Å²) in [5, 5.41) is 9.18. The number of hydrogen-bond donors (Lipinski definition) is 1. The van der Waals surface area contributed by atoms with E-state index in [4.69, 9.17) is 11.6 Å². The summed E-state index contributed by atoms with van der Waals surface area (Å²) in [7, 11) is 0. The minimum Gasteiger partial charge on any atom is -0.481 e. The predicted molar refractivity (Wildman–Crippen MR) is 65.9 cm³/mol. The summed E-state index contributed by atoms with van der Waals surface area (Å²) in [5.41, 5.74) is 1.74. The van der Waals surface area contributed by atoms with Crippen molar-refractivity contribution in [2.45, 2.75) is 19.3 Å². The average molecular weight is 239 g/mol. The molecule has 0 saturated heterocycles. The fourth-order valence-electron chi connectivity index (χ4n) is 1.46. The topological polar surface area (TPSA) is 37.3 Å². The Morgan fingerprint density at radius 3 is 2.50 bits per heavy atom. The Kier molecular flexibility index (Phi) is 5.06. The maximum Gasteiger partial charge on any atom is 0.314 e. The number of rotatable bonds is 5. The first kappa shape index (κ1) is 12.8. The van der Waals surface area contributed by atoms with Crippen molar-refractivity contribution in [1.82, 2.24) is 0 Å². The van der Waals surface area contributed by atoms with E-state index in [-0.39, 0.29) is 0 Å². The molecule has 1 aromatic carbocycles. The number of halogens is 1. The van der Waals surface area contributed by atoms with Crippen molar-refractivity contribution in [2.75, 3.05) is 5.88 Å². The highest BCUT2D eigenvalue weighted by Gasteiger charge is 2.17. The molecule has 3 heteroatoms. The SMILES string of the molecule is CC/C(=C\[C@@H](C(=O)O)c1ccccc1)CCl. The van der Waals surface area contributed by atoms with Gasteiger partial charge < -0.3 is 5.11 Å². The van der Waals surface area contributed by atoms with Gasteiger partial charge in [0.1, 0.15) is 5.92 Å². The van der Waals surface area contributed by atoms with E-state index in [1.54, 1.807) is 6.08 Å². The van der Waals surface area contributed by atoms with E-state index in [0.717, 1.165) is 17.6 Å². The first-order valence-electron chi connectivity index (χ1n) is 5.22. The zero-order chi connectivity index (χ0) is 12.0. The number of carbonyl (C=O) groups is 1. The molecule has 0 radical (unpaired) electrons.